The number of hydrazone groups is 1. The van der Waals surface area contributed by atoms with Crippen molar-refractivity contribution < 1.29 is 4.74 Å². The molecule has 0 fully saturated rings. The van der Waals surface area contributed by atoms with Crippen LogP contribution in [0.15, 0.2) is 119 Å². The maximum absolute atomic E-state index is 13.5. The summed E-state index contributed by atoms with van der Waals surface area (Å²) >= 11 is 0. The van der Waals surface area contributed by atoms with Gasteiger partial charge in [-0.3, -0.25) is 4.79 Å². The highest BCUT2D eigenvalue weighted by molar-refractivity contribution is 6.13. The predicted molar refractivity (Wildman–Crippen MR) is 136 cm³/mol. The van der Waals surface area contributed by atoms with Gasteiger partial charge in [0.2, 0.25) is 5.95 Å². The summed E-state index contributed by atoms with van der Waals surface area (Å²) in [6.07, 6.45) is 0. The number of hydrogen-bond acceptors (Lipinski definition) is 5. The van der Waals surface area contributed by atoms with Crippen LogP contribution in [0.5, 0.6) is 5.75 Å². The molecule has 1 N–H and O–H groups in total. The fourth-order valence-electron chi connectivity index (χ4n) is 3.79. The molecule has 5 rings (SSSR count). The Kier molecular flexibility index (Phi) is 5.86. The Balaban J connectivity index is 1.69. The average Bonchev–Trinajstić information content (AvgIpc) is 2.90. The molecule has 5 aromatic rings. The summed E-state index contributed by atoms with van der Waals surface area (Å²) in [7, 11) is 1.59. The molecule has 0 aliphatic carbocycles. The Bertz CT molecular complexity index is 1490. The zero-order chi connectivity index (χ0) is 23.3. The first-order chi connectivity index (χ1) is 16.7. The third-order valence-corrected chi connectivity index (χ3v) is 5.45. The molecule has 0 unspecified atom stereocenters. The number of nitrogens with one attached hydrogen (secondary N) is 1. The van der Waals surface area contributed by atoms with E-state index in [1.54, 1.807) is 19.2 Å². The fraction of sp³-hybridized carbons (Fsp3) is 0.0357. The summed E-state index contributed by atoms with van der Waals surface area (Å²) in [5.74, 6) is 0.947. The zero-order valence-electron chi connectivity index (χ0n) is 18.6. The number of anilines is 1. The van der Waals surface area contributed by atoms with Gasteiger partial charge >= 0.3 is 0 Å². The molecule has 0 atom stereocenters. The van der Waals surface area contributed by atoms with Gasteiger partial charge in [0, 0.05) is 17.2 Å². The minimum atomic E-state index is -0.197. The molecule has 1 aromatic heterocycles. The molecular formula is C28H22N4O2. The van der Waals surface area contributed by atoms with E-state index in [2.05, 4.69) is 5.43 Å². The molecular weight excluding hydrogens is 424 g/mol. The van der Waals surface area contributed by atoms with Crippen molar-refractivity contribution in [3.8, 4) is 11.4 Å². The maximum atomic E-state index is 13.5. The summed E-state index contributed by atoms with van der Waals surface area (Å²) in [6.45, 7) is 0. The Hall–Kier alpha value is -4.71. The van der Waals surface area contributed by atoms with Gasteiger partial charge in [-0.1, -0.05) is 78.9 Å². The van der Waals surface area contributed by atoms with E-state index in [-0.39, 0.29) is 5.56 Å². The van der Waals surface area contributed by atoms with Crippen molar-refractivity contribution in [1.82, 2.24) is 9.55 Å². The van der Waals surface area contributed by atoms with E-state index in [4.69, 9.17) is 14.8 Å². The second-order valence-electron chi connectivity index (χ2n) is 7.60. The van der Waals surface area contributed by atoms with Crippen LogP contribution in [0.25, 0.3) is 16.6 Å². The smallest absolute Gasteiger partial charge is 0.267 e. The molecule has 1 heterocycles. The standard InChI is InChI=1S/C28H22N4O2/c1-34-23-16-10-15-22(19-23)32-27(33)24-17-8-9-18-25(24)29-28(32)31-30-26(20-11-4-2-5-12-20)21-13-6-3-7-14-21/h2-19H,1H3,(H,29,31). The first-order valence-corrected chi connectivity index (χ1v) is 10.9. The predicted octanol–water partition coefficient (Wildman–Crippen LogP) is 5.26. The number of benzene rings is 4. The van der Waals surface area contributed by atoms with Crippen molar-refractivity contribution in [2.75, 3.05) is 12.5 Å². The van der Waals surface area contributed by atoms with Crippen LogP contribution >= 0.6 is 0 Å². The average molecular weight is 447 g/mol. The zero-order valence-corrected chi connectivity index (χ0v) is 18.6. The third-order valence-electron chi connectivity index (χ3n) is 5.45. The Morgan fingerprint density at radius 1 is 0.824 bits per heavy atom. The molecule has 34 heavy (non-hydrogen) atoms. The van der Waals surface area contributed by atoms with Crippen molar-refractivity contribution >= 4 is 22.6 Å². The van der Waals surface area contributed by atoms with E-state index in [1.165, 1.54) is 4.57 Å². The Morgan fingerprint density at radius 3 is 2.15 bits per heavy atom. The van der Waals surface area contributed by atoms with Crippen LogP contribution in [0.3, 0.4) is 0 Å². The van der Waals surface area contributed by atoms with Gasteiger partial charge in [0.25, 0.3) is 5.56 Å². The lowest BCUT2D eigenvalue weighted by Crippen LogP contribution is -2.23. The number of aromatic nitrogens is 2. The number of para-hydroxylation sites is 1. The van der Waals surface area contributed by atoms with E-state index in [0.717, 1.165) is 16.8 Å². The van der Waals surface area contributed by atoms with Crippen LogP contribution in [0.2, 0.25) is 0 Å². The SMILES string of the molecule is COc1cccc(-n2c(NN=C(c3ccccc3)c3ccccc3)nc3ccccc3c2=O)c1. The number of rotatable bonds is 6. The normalized spacial score (nSPS) is 10.6. The lowest BCUT2D eigenvalue weighted by Gasteiger charge is -2.15. The van der Waals surface area contributed by atoms with Gasteiger partial charge in [-0.2, -0.15) is 5.10 Å². The van der Waals surface area contributed by atoms with E-state index in [0.29, 0.717) is 28.3 Å². The molecule has 166 valence electrons. The van der Waals surface area contributed by atoms with Crippen molar-refractivity contribution in [2.24, 2.45) is 5.10 Å². The summed E-state index contributed by atoms with van der Waals surface area (Å²) < 4.78 is 6.89. The van der Waals surface area contributed by atoms with E-state index in [9.17, 15) is 4.79 Å². The van der Waals surface area contributed by atoms with Crippen LogP contribution in [0, 0.1) is 0 Å². The molecule has 4 aromatic carbocycles. The van der Waals surface area contributed by atoms with Crippen LogP contribution < -0.4 is 15.7 Å². The van der Waals surface area contributed by atoms with Crippen LogP contribution in [0.4, 0.5) is 5.95 Å². The Labute approximate surface area is 196 Å². The third kappa shape index (κ3) is 4.17. The number of nitrogens with zero attached hydrogens (tertiary/aromatic N) is 3. The van der Waals surface area contributed by atoms with Crippen LogP contribution in [0.1, 0.15) is 11.1 Å². The molecule has 0 spiro atoms. The monoisotopic (exact) mass is 446 g/mol. The topological polar surface area (TPSA) is 68.5 Å². The van der Waals surface area contributed by atoms with Crippen LogP contribution in [-0.4, -0.2) is 22.4 Å². The molecule has 0 radical (unpaired) electrons. The summed E-state index contributed by atoms with van der Waals surface area (Å²) in [4.78, 5) is 18.3. The van der Waals surface area contributed by atoms with Gasteiger partial charge in [0.1, 0.15) is 5.75 Å². The second kappa shape index (κ2) is 9.42. The van der Waals surface area contributed by atoms with Gasteiger partial charge in [-0.15, -0.1) is 0 Å². The second-order valence-corrected chi connectivity index (χ2v) is 7.60. The van der Waals surface area contributed by atoms with Crippen molar-refractivity contribution in [3.63, 3.8) is 0 Å². The quantitative estimate of drug-likeness (QED) is 0.285. The van der Waals surface area contributed by atoms with Crippen LogP contribution in [-0.2, 0) is 0 Å². The number of hydrogen-bond donors (Lipinski definition) is 1. The van der Waals surface area contributed by atoms with E-state index >= 15 is 0 Å². The summed E-state index contributed by atoms with van der Waals surface area (Å²) in [6, 6.07) is 34.4. The molecule has 0 aliphatic rings. The summed E-state index contributed by atoms with van der Waals surface area (Å²) in [5, 5.41) is 5.24. The van der Waals surface area contributed by atoms with E-state index < -0.39 is 0 Å². The molecule has 0 amide bonds. The molecule has 6 heteroatoms. The lowest BCUT2D eigenvalue weighted by molar-refractivity contribution is 0.414. The van der Waals surface area contributed by atoms with E-state index in [1.807, 2.05) is 97.1 Å². The largest absolute Gasteiger partial charge is 0.497 e. The fourth-order valence-corrected chi connectivity index (χ4v) is 3.79. The van der Waals surface area contributed by atoms with Crippen molar-refractivity contribution in [1.29, 1.82) is 0 Å². The molecule has 0 saturated carbocycles. The minimum absolute atomic E-state index is 0.197. The highest BCUT2D eigenvalue weighted by Gasteiger charge is 2.14. The van der Waals surface area contributed by atoms with Gasteiger partial charge in [-0.05, 0) is 24.3 Å². The maximum Gasteiger partial charge on any atom is 0.267 e. The molecule has 0 saturated heterocycles. The highest BCUT2D eigenvalue weighted by Crippen LogP contribution is 2.21. The Morgan fingerprint density at radius 2 is 1.47 bits per heavy atom. The first-order valence-electron chi connectivity index (χ1n) is 10.9. The lowest BCUT2D eigenvalue weighted by atomic mass is 10.0. The minimum Gasteiger partial charge on any atom is -0.497 e. The van der Waals surface area contributed by atoms with Crippen molar-refractivity contribution in [3.05, 3.63) is 131 Å². The molecule has 0 bridgehead atoms. The van der Waals surface area contributed by atoms with Gasteiger partial charge in [0.05, 0.1) is 29.4 Å². The number of fused-ring (bicyclic) bond motifs is 1. The van der Waals surface area contributed by atoms with Crippen molar-refractivity contribution in [2.45, 2.75) is 0 Å². The molecule has 0 aliphatic heterocycles. The van der Waals surface area contributed by atoms with Gasteiger partial charge in [0.15, 0.2) is 0 Å². The first kappa shape index (κ1) is 21.2. The number of methoxy groups -OCH3 is 1. The van der Waals surface area contributed by atoms with Gasteiger partial charge in [-0.25, -0.2) is 15.0 Å². The summed E-state index contributed by atoms with van der Waals surface area (Å²) in [5.41, 5.74) is 6.72. The number of ether oxygens (including phenoxy) is 1. The van der Waals surface area contributed by atoms with Gasteiger partial charge < -0.3 is 4.74 Å². The highest BCUT2D eigenvalue weighted by atomic mass is 16.5. The molecule has 6 nitrogen and oxygen atoms in total.